The summed E-state index contributed by atoms with van der Waals surface area (Å²) in [4.78, 5) is 27.9. The van der Waals surface area contributed by atoms with E-state index in [1.165, 1.54) is 4.57 Å². The molecule has 0 spiro atoms. The highest BCUT2D eigenvalue weighted by Crippen LogP contribution is 2.12. The summed E-state index contributed by atoms with van der Waals surface area (Å²) in [5.74, 6) is 0.717. The smallest absolute Gasteiger partial charge is 0.262 e. The summed E-state index contributed by atoms with van der Waals surface area (Å²) in [6.45, 7) is 4.32. The first-order valence-electron chi connectivity index (χ1n) is 8.59. The number of hydrogen-bond donors (Lipinski definition) is 2. The van der Waals surface area contributed by atoms with Crippen LogP contribution in [0.4, 0.5) is 0 Å². The Balaban J connectivity index is 1.76. The van der Waals surface area contributed by atoms with Gasteiger partial charge in [0.25, 0.3) is 11.5 Å². The van der Waals surface area contributed by atoms with Crippen molar-refractivity contribution in [1.82, 2.24) is 14.9 Å². The molecule has 0 aliphatic carbocycles. The normalized spacial score (nSPS) is 12.2. The number of nitrogens with one attached hydrogen (secondary N) is 2. The second kappa shape index (κ2) is 7.70. The van der Waals surface area contributed by atoms with Gasteiger partial charge in [0.15, 0.2) is 4.77 Å². The highest BCUT2D eigenvalue weighted by atomic mass is 32.1. The maximum Gasteiger partial charge on any atom is 0.262 e. The van der Waals surface area contributed by atoms with Crippen LogP contribution in [0.3, 0.4) is 0 Å². The van der Waals surface area contributed by atoms with Crippen molar-refractivity contribution in [3.63, 3.8) is 0 Å². The third-order valence-corrected chi connectivity index (χ3v) is 4.66. The topological polar surface area (TPSA) is 80.0 Å². The van der Waals surface area contributed by atoms with E-state index >= 15 is 0 Å². The van der Waals surface area contributed by atoms with Crippen LogP contribution in [-0.2, 0) is 13.0 Å². The Morgan fingerprint density at radius 1 is 1.38 bits per heavy atom. The van der Waals surface area contributed by atoms with Gasteiger partial charge in [-0.3, -0.25) is 14.2 Å². The predicted molar refractivity (Wildman–Crippen MR) is 103 cm³/mol. The van der Waals surface area contributed by atoms with Crippen LogP contribution in [0.2, 0.25) is 0 Å². The number of carbonyl (C=O) groups is 1. The number of aryl methyl sites for hydroxylation is 1. The lowest BCUT2D eigenvalue weighted by atomic mass is 10.1. The number of aromatic nitrogens is 2. The summed E-state index contributed by atoms with van der Waals surface area (Å²) in [6, 6.07) is 8.76. The van der Waals surface area contributed by atoms with Crippen LogP contribution in [0.5, 0.6) is 0 Å². The minimum absolute atomic E-state index is 0.00474. The van der Waals surface area contributed by atoms with E-state index in [4.69, 9.17) is 16.6 Å². The number of furan rings is 1. The average molecular weight is 371 g/mol. The molecule has 0 bridgehead atoms. The van der Waals surface area contributed by atoms with Crippen molar-refractivity contribution >= 4 is 29.0 Å². The van der Waals surface area contributed by atoms with Gasteiger partial charge in [-0.05, 0) is 62.8 Å². The van der Waals surface area contributed by atoms with E-state index in [1.807, 2.05) is 26.0 Å². The lowest BCUT2D eigenvalue weighted by Crippen LogP contribution is -2.33. The number of amides is 1. The van der Waals surface area contributed by atoms with Crippen LogP contribution in [0.25, 0.3) is 10.9 Å². The van der Waals surface area contributed by atoms with Gasteiger partial charge >= 0.3 is 0 Å². The maximum absolute atomic E-state index is 12.5. The lowest BCUT2D eigenvalue weighted by Gasteiger charge is -2.13. The third kappa shape index (κ3) is 3.77. The molecule has 1 aromatic carbocycles. The molecule has 1 atom stereocenters. The highest BCUT2D eigenvalue weighted by Gasteiger charge is 2.13. The van der Waals surface area contributed by atoms with E-state index in [-0.39, 0.29) is 17.5 Å². The summed E-state index contributed by atoms with van der Waals surface area (Å²) in [5.41, 5.74) is 0.909. The quantitative estimate of drug-likeness (QED) is 0.651. The molecule has 6 nitrogen and oxygen atoms in total. The molecule has 0 saturated carbocycles. The summed E-state index contributed by atoms with van der Waals surface area (Å²) < 4.78 is 7.15. The number of rotatable bonds is 6. The highest BCUT2D eigenvalue weighted by molar-refractivity contribution is 7.71. The molecule has 0 radical (unpaired) electrons. The Hall–Kier alpha value is -2.67. The second-order valence-electron chi connectivity index (χ2n) is 6.23. The number of nitrogens with zero attached hydrogens (tertiary/aromatic N) is 1. The van der Waals surface area contributed by atoms with Gasteiger partial charge in [-0.15, -0.1) is 0 Å². The summed E-state index contributed by atoms with van der Waals surface area (Å²) in [5, 5.41) is 3.49. The van der Waals surface area contributed by atoms with Crippen molar-refractivity contribution < 1.29 is 9.21 Å². The van der Waals surface area contributed by atoms with Gasteiger partial charge in [0.1, 0.15) is 5.76 Å². The van der Waals surface area contributed by atoms with Crippen molar-refractivity contribution in [1.29, 1.82) is 0 Å². The van der Waals surface area contributed by atoms with Crippen molar-refractivity contribution in [2.45, 2.75) is 39.3 Å². The summed E-state index contributed by atoms with van der Waals surface area (Å²) in [6.07, 6.45) is 3.18. The Labute approximate surface area is 155 Å². The molecular weight excluding hydrogens is 350 g/mol. The van der Waals surface area contributed by atoms with Crippen molar-refractivity contribution in [3.05, 3.63) is 63.0 Å². The van der Waals surface area contributed by atoms with Gasteiger partial charge in [0.05, 0.1) is 17.2 Å². The summed E-state index contributed by atoms with van der Waals surface area (Å²) >= 11 is 5.22. The SMILES string of the molecule is CCn1c(=S)[nH]c2cc(C(=O)N[C@@H](C)CCc3ccco3)ccc2c1=O. The molecule has 0 fully saturated rings. The molecule has 0 aliphatic rings. The third-order valence-electron chi connectivity index (χ3n) is 4.34. The molecule has 3 aromatic rings. The van der Waals surface area contributed by atoms with Crippen molar-refractivity contribution in [2.24, 2.45) is 0 Å². The zero-order valence-electron chi connectivity index (χ0n) is 14.7. The maximum atomic E-state index is 12.5. The van der Waals surface area contributed by atoms with Gasteiger partial charge in [-0.2, -0.15) is 0 Å². The van der Waals surface area contributed by atoms with E-state index in [0.717, 1.165) is 18.6 Å². The van der Waals surface area contributed by atoms with Crippen LogP contribution in [0, 0.1) is 4.77 Å². The summed E-state index contributed by atoms with van der Waals surface area (Å²) in [7, 11) is 0. The Bertz CT molecular complexity index is 1030. The fraction of sp³-hybridized carbons (Fsp3) is 0.316. The van der Waals surface area contributed by atoms with Gasteiger partial charge in [-0.25, -0.2) is 0 Å². The van der Waals surface area contributed by atoms with Crippen molar-refractivity contribution in [3.8, 4) is 0 Å². The molecule has 2 aromatic heterocycles. The zero-order valence-corrected chi connectivity index (χ0v) is 15.6. The molecule has 2 heterocycles. The van der Waals surface area contributed by atoms with Crippen LogP contribution in [0.15, 0.2) is 45.8 Å². The Morgan fingerprint density at radius 3 is 2.88 bits per heavy atom. The number of hydrogen-bond acceptors (Lipinski definition) is 4. The largest absolute Gasteiger partial charge is 0.469 e. The van der Waals surface area contributed by atoms with E-state index in [1.54, 1.807) is 24.5 Å². The first-order valence-corrected chi connectivity index (χ1v) is 9.00. The first-order chi connectivity index (χ1) is 12.5. The number of benzene rings is 1. The molecule has 3 rings (SSSR count). The van der Waals surface area contributed by atoms with E-state index in [0.29, 0.717) is 27.8 Å². The average Bonchev–Trinajstić information content (AvgIpc) is 3.13. The molecule has 1 amide bonds. The van der Waals surface area contributed by atoms with Gasteiger partial charge in [0, 0.05) is 24.6 Å². The zero-order chi connectivity index (χ0) is 18.7. The van der Waals surface area contributed by atoms with Gasteiger partial charge < -0.3 is 14.7 Å². The van der Waals surface area contributed by atoms with Crippen LogP contribution < -0.4 is 10.9 Å². The van der Waals surface area contributed by atoms with Crippen LogP contribution in [-0.4, -0.2) is 21.5 Å². The van der Waals surface area contributed by atoms with Crippen molar-refractivity contribution in [2.75, 3.05) is 0 Å². The fourth-order valence-corrected chi connectivity index (χ4v) is 3.20. The minimum Gasteiger partial charge on any atom is -0.469 e. The Morgan fingerprint density at radius 2 is 2.19 bits per heavy atom. The first kappa shape index (κ1) is 18.1. The molecule has 0 aliphatic heterocycles. The molecule has 0 saturated heterocycles. The lowest BCUT2D eigenvalue weighted by molar-refractivity contribution is 0.0938. The predicted octanol–water partition coefficient (Wildman–Crippen LogP) is 3.42. The molecule has 136 valence electrons. The molecule has 7 heteroatoms. The van der Waals surface area contributed by atoms with Gasteiger partial charge in [-0.1, -0.05) is 0 Å². The van der Waals surface area contributed by atoms with E-state index in [9.17, 15) is 9.59 Å². The van der Waals surface area contributed by atoms with Crippen LogP contribution >= 0.6 is 12.2 Å². The second-order valence-corrected chi connectivity index (χ2v) is 6.62. The molecule has 2 N–H and O–H groups in total. The molecule has 0 unspecified atom stereocenters. The monoisotopic (exact) mass is 371 g/mol. The number of carbonyl (C=O) groups excluding carboxylic acids is 1. The fourth-order valence-electron chi connectivity index (χ4n) is 2.88. The Kier molecular flexibility index (Phi) is 5.37. The number of fused-ring (bicyclic) bond motifs is 1. The molecule has 26 heavy (non-hydrogen) atoms. The number of aromatic amines is 1. The van der Waals surface area contributed by atoms with E-state index in [2.05, 4.69) is 10.3 Å². The standard InChI is InChI=1S/C19H21N3O3S/c1-3-22-18(24)15-9-7-13(11-16(15)21-19(22)26)17(23)20-12(2)6-8-14-5-4-10-25-14/h4-5,7,9-12H,3,6,8H2,1-2H3,(H,20,23)(H,21,26)/t12-/m0/s1. The van der Waals surface area contributed by atoms with E-state index < -0.39 is 0 Å². The minimum atomic E-state index is -0.183. The number of H-pyrrole nitrogens is 1. The molecular formula is C19H21N3O3S. The van der Waals surface area contributed by atoms with Crippen LogP contribution in [0.1, 0.15) is 36.4 Å². The van der Waals surface area contributed by atoms with Gasteiger partial charge in [0.2, 0.25) is 0 Å².